The van der Waals surface area contributed by atoms with Crippen LogP contribution >= 0.6 is 0 Å². The Morgan fingerprint density at radius 2 is 1.90 bits per heavy atom. The zero-order valence-corrected chi connectivity index (χ0v) is 17.8. The van der Waals surface area contributed by atoms with Gasteiger partial charge < -0.3 is 15.5 Å². The van der Waals surface area contributed by atoms with Gasteiger partial charge in [-0.1, -0.05) is 36.4 Å². The lowest BCUT2D eigenvalue weighted by Crippen LogP contribution is -2.31. The molecular weight excluding hydrogens is 390 g/mol. The zero-order chi connectivity index (χ0) is 21.8. The molecule has 2 aromatic carbocycles. The summed E-state index contributed by atoms with van der Waals surface area (Å²) in [5.41, 5.74) is 4.21. The fraction of sp³-hybridized carbons (Fsp3) is 0.292. The van der Waals surface area contributed by atoms with E-state index in [1.165, 1.54) is 5.56 Å². The number of benzene rings is 2. The molecule has 2 N–H and O–H groups in total. The number of hydrogen-bond acceptors (Lipinski definition) is 3. The van der Waals surface area contributed by atoms with Gasteiger partial charge in [0.2, 0.25) is 0 Å². The third-order valence-corrected chi connectivity index (χ3v) is 5.29. The average molecular weight is 418 g/mol. The highest BCUT2D eigenvalue weighted by molar-refractivity contribution is 5.97. The Balaban J connectivity index is 1.36. The second kappa shape index (κ2) is 9.04. The Morgan fingerprint density at radius 1 is 1.13 bits per heavy atom. The second-order valence-corrected chi connectivity index (χ2v) is 8.10. The lowest BCUT2D eigenvalue weighted by molar-refractivity contribution is 0.0951. The van der Waals surface area contributed by atoms with E-state index in [4.69, 9.17) is 0 Å². The number of anilines is 1. The molecule has 4 rings (SSSR count). The molecular formula is C24H27N5O2. The van der Waals surface area contributed by atoms with Crippen LogP contribution in [0.5, 0.6) is 0 Å². The minimum atomic E-state index is -0.237. The van der Waals surface area contributed by atoms with E-state index in [0.717, 1.165) is 24.0 Å². The molecule has 31 heavy (non-hydrogen) atoms. The number of urea groups is 1. The standard InChI is InChI=1S/C24H27N5O2/c1-17-8-9-20(23(30)26-21-10-11-21)12-22(17)27-24(31)28(2)14-19-13-25-29(16-19)15-18-6-4-3-5-7-18/h3-9,12-13,16,21H,10-11,14-15H2,1-2H3,(H,26,30)(H,27,31). The number of nitrogens with one attached hydrogen (secondary N) is 2. The van der Waals surface area contributed by atoms with Gasteiger partial charge in [0.15, 0.2) is 0 Å². The summed E-state index contributed by atoms with van der Waals surface area (Å²) in [5, 5.41) is 10.3. The van der Waals surface area contributed by atoms with Gasteiger partial charge in [0.25, 0.3) is 5.91 Å². The fourth-order valence-corrected chi connectivity index (χ4v) is 3.30. The molecule has 7 nitrogen and oxygen atoms in total. The van der Waals surface area contributed by atoms with Crippen LogP contribution in [0.1, 0.15) is 39.9 Å². The minimum absolute atomic E-state index is 0.0998. The normalized spacial score (nSPS) is 13.0. The quantitative estimate of drug-likeness (QED) is 0.614. The molecule has 1 fully saturated rings. The molecule has 0 atom stereocenters. The molecule has 3 amide bonds. The molecule has 1 aromatic heterocycles. The summed E-state index contributed by atoms with van der Waals surface area (Å²) in [6, 6.07) is 15.5. The van der Waals surface area contributed by atoms with E-state index in [-0.39, 0.29) is 11.9 Å². The summed E-state index contributed by atoms with van der Waals surface area (Å²) in [6.07, 6.45) is 5.80. The first-order valence-electron chi connectivity index (χ1n) is 10.5. The predicted octanol–water partition coefficient (Wildman–Crippen LogP) is 3.80. The lowest BCUT2D eigenvalue weighted by atomic mass is 10.1. The molecule has 1 aliphatic carbocycles. The van der Waals surface area contributed by atoms with Crippen molar-refractivity contribution in [2.75, 3.05) is 12.4 Å². The number of hydrogen-bond donors (Lipinski definition) is 2. The van der Waals surface area contributed by atoms with Crippen molar-refractivity contribution in [2.24, 2.45) is 0 Å². The molecule has 0 aliphatic heterocycles. The zero-order valence-electron chi connectivity index (χ0n) is 17.8. The van der Waals surface area contributed by atoms with E-state index >= 15 is 0 Å². The number of aryl methyl sites for hydroxylation is 1. The van der Waals surface area contributed by atoms with Crippen molar-refractivity contribution in [3.05, 3.63) is 83.2 Å². The monoisotopic (exact) mass is 417 g/mol. The van der Waals surface area contributed by atoms with Crippen LogP contribution in [0.15, 0.2) is 60.9 Å². The largest absolute Gasteiger partial charge is 0.349 e. The lowest BCUT2D eigenvalue weighted by Gasteiger charge is -2.18. The second-order valence-electron chi connectivity index (χ2n) is 8.10. The fourth-order valence-electron chi connectivity index (χ4n) is 3.30. The van der Waals surface area contributed by atoms with Gasteiger partial charge >= 0.3 is 6.03 Å². The Kier molecular flexibility index (Phi) is 6.02. The highest BCUT2D eigenvalue weighted by atomic mass is 16.2. The molecule has 0 saturated heterocycles. The van der Waals surface area contributed by atoms with Crippen LogP contribution in [0.25, 0.3) is 0 Å². The van der Waals surface area contributed by atoms with E-state index < -0.39 is 0 Å². The molecule has 0 spiro atoms. The van der Waals surface area contributed by atoms with Crippen LogP contribution in [0.4, 0.5) is 10.5 Å². The number of aromatic nitrogens is 2. The molecule has 1 aliphatic rings. The van der Waals surface area contributed by atoms with Gasteiger partial charge in [-0.15, -0.1) is 0 Å². The smallest absolute Gasteiger partial charge is 0.321 e. The summed E-state index contributed by atoms with van der Waals surface area (Å²) >= 11 is 0. The number of amides is 3. The topological polar surface area (TPSA) is 79.3 Å². The highest BCUT2D eigenvalue weighted by Crippen LogP contribution is 2.21. The van der Waals surface area contributed by atoms with Crippen molar-refractivity contribution in [3.8, 4) is 0 Å². The third-order valence-electron chi connectivity index (χ3n) is 5.29. The molecule has 0 unspecified atom stereocenters. The minimum Gasteiger partial charge on any atom is -0.349 e. The van der Waals surface area contributed by atoms with Crippen molar-refractivity contribution in [2.45, 2.75) is 38.9 Å². The maximum absolute atomic E-state index is 12.7. The van der Waals surface area contributed by atoms with Crippen molar-refractivity contribution in [1.29, 1.82) is 0 Å². The summed E-state index contributed by atoms with van der Waals surface area (Å²) in [6.45, 7) is 3.03. The van der Waals surface area contributed by atoms with E-state index in [9.17, 15) is 9.59 Å². The average Bonchev–Trinajstić information content (AvgIpc) is 3.47. The van der Waals surface area contributed by atoms with Gasteiger partial charge in [-0.05, 0) is 43.0 Å². The van der Waals surface area contributed by atoms with Gasteiger partial charge in [0.05, 0.1) is 19.3 Å². The van der Waals surface area contributed by atoms with Gasteiger partial charge in [-0.3, -0.25) is 9.48 Å². The van der Waals surface area contributed by atoms with Crippen LogP contribution in [-0.4, -0.2) is 39.7 Å². The van der Waals surface area contributed by atoms with Crippen molar-refractivity contribution >= 4 is 17.6 Å². The van der Waals surface area contributed by atoms with E-state index in [0.29, 0.717) is 30.4 Å². The highest BCUT2D eigenvalue weighted by Gasteiger charge is 2.24. The van der Waals surface area contributed by atoms with Crippen LogP contribution in [-0.2, 0) is 13.1 Å². The molecule has 0 radical (unpaired) electrons. The van der Waals surface area contributed by atoms with Gasteiger partial charge in [-0.25, -0.2) is 4.79 Å². The van der Waals surface area contributed by atoms with E-state index in [2.05, 4.69) is 27.9 Å². The number of carbonyl (C=O) groups is 2. The van der Waals surface area contributed by atoms with E-state index in [1.54, 1.807) is 30.3 Å². The summed E-state index contributed by atoms with van der Waals surface area (Å²) in [7, 11) is 1.74. The third kappa shape index (κ3) is 5.51. The number of rotatable bonds is 7. The van der Waals surface area contributed by atoms with Crippen LogP contribution in [0.2, 0.25) is 0 Å². The van der Waals surface area contributed by atoms with Crippen molar-refractivity contribution < 1.29 is 9.59 Å². The molecule has 0 bridgehead atoms. The summed E-state index contributed by atoms with van der Waals surface area (Å²) in [4.78, 5) is 26.6. The molecule has 7 heteroatoms. The van der Waals surface area contributed by atoms with Gasteiger partial charge in [0.1, 0.15) is 0 Å². The number of carbonyl (C=O) groups excluding carboxylic acids is 2. The Labute approximate surface area is 182 Å². The maximum Gasteiger partial charge on any atom is 0.321 e. The molecule has 1 heterocycles. The van der Waals surface area contributed by atoms with Crippen LogP contribution in [0, 0.1) is 6.92 Å². The first-order chi connectivity index (χ1) is 15.0. The van der Waals surface area contributed by atoms with Gasteiger partial charge in [0, 0.05) is 36.1 Å². The van der Waals surface area contributed by atoms with E-state index in [1.807, 2.05) is 42.1 Å². The van der Waals surface area contributed by atoms with Crippen LogP contribution in [0.3, 0.4) is 0 Å². The maximum atomic E-state index is 12.7. The van der Waals surface area contributed by atoms with Gasteiger partial charge in [-0.2, -0.15) is 5.10 Å². The predicted molar refractivity (Wildman–Crippen MR) is 120 cm³/mol. The Bertz CT molecular complexity index is 1070. The number of nitrogens with zero attached hydrogens (tertiary/aromatic N) is 3. The molecule has 1 saturated carbocycles. The first kappa shape index (κ1) is 20.7. The van der Waals surface area contributed by atoms with Crippen molar-refractivity contribution in [1.82, 2.24) is 20.0 Å². The Hall–Kier alpha value is -3.61. The van der Waals surface area contributed by atoms with Crippen molar-refractivity contribution in [3.63, 3.8) is 0 Å². The molecule has 3 aromatic rings. The SMILES string of the molecule is Cc1ccc(C(=O)NC2CC2)cc1NC(=O)N(C)Cc1cnn(Cc2ccccc2)c1. The first-order valence-corrected chi connectivity index (χ1v) is 10.5. The summed E-state index contributed by atoms with van der Waals surface area (Å²) < 4.78 is 1.86. The summed E-state index contributed by atoms with van der Waals surface area (Å²) in [5.74, 6) is -0.0998. The van der Waals surface area contributed by atoms with Crippen LogP contribution < -0.4 is 10.6 Å². The Morgan fingerprint density at radius 3 is 2.65 bits per heavy atom. The molecule has 160 valence electrons.